The Kier molecular flexibility index (Phi) is 4.51. The van der Waals surface area contributed by atoms with Crippen LogP contribution in [-0.4, -0.2) is 0 Å². The molecule has 0 aliphatic heterocycles. The van der Waals surface area contributed by atoms with E-state index in [1.165, 1.54) is 13.8 Å². The molecule has 292 valence electrons. The van der Waals surface area contributed by atoms with Crippen molar-refractivity contribution in [2.75, 3.05) is 0 Å². The van der Waals surface area contributed by atoms with Crippen molar-refractivity contribution in [1.29, 1.82) is 0 Å². The molecule has 10 aromatic rings. The summed E-state index contributed by atoms with van der Waals surface area (Å²) in [6.45, 7) is 16.0. The summed E-state index contributed by atoms with van der Waals surface area (Å²) >= 11 is 0. The van der Waals surface area contributed by atoms with Crippen molar-refractivity contribution in [3.05, 3.63) is 176 Å². The normalized spacial score (nSPS) is 18.0. The highest BCUT2D eigenvalue weighted by molar-refractivity contribution is 6.24. The molecule has 1 aliphatic rings. The molecule has 0 saturated heterocycles. The number of aryl methyl sites for hydroxylation is 4. The van der Waals surface area contributed by atoms with Crippen LogP contribution in [0.25, 0.3) is 98.8 Å². The van der Waals surface area contributed by atoms with Gasteiger partial charge in [-0.1, -0.05) is 128 Å². The fraction of sp³-hybridized carbons (Fsp3) is 0.186. The van der Waals surface area contributed by atoms with Crippen molar-refractivity contribution in [3.63, 3.8) is 0 Å². The molecular weight excluding hydrogens is 725 g/mol. The Morgan fingerprint density at radius 2 is 1.10 bits per heavy atom. The predicted octanol–water partition coefficient (Wildman–Crippen LogP) is 16.8. The average Bonchev–Trinajstić information content (AvgIpc) is 3.94. The summed E-state index contributed by atoms with van der Waals surface area (Å²) < 4.78 is 197. The molecule has 9 aromatic carbocycles. The van der Waals surface area contributed by atoms with Gasteiger partial charge in [-0.3, -0.25) is 0 Å². The van der Waals surface area contributed by atoms with Gasteiger partial charge >= 0.3 is 0 Å². The minimum atomic E-state index is -1.20. The maximum absolute atomic E-state index is 10.2. The molecule has 1 nitrogen and oxygen atoms in total. The van der Waals surface area contributed by atoms with Gasteiger partial charge in [0.1, 0.15) is 11.2 Å². The van der Waals surface area contributed by atoms with Crippen molar-refractivity contribution in [2.24, 2.45) is 0 Å². The van der Waals surface area contributed by atoms with E-state index < -0.39 is 71.4 Å². The lowest BCUT2D eigenvalue weighted by Gasteiger charge is -2.23. The third kappa shape index (κ3) is 5.05. The molecule has 0 saturated carbocycles. The summed E-state index contributed by atoms with van der Waals surface area (Å²) in [6, 6.07) is -8.00. The molecule has 1 heterocycles. The lowest BCUT2D eigenvalue weighted by molar-refractivity contribution is 0.659. The first kappa shape index (κ1) is 21.2. The molecule has 0 radical (unpaired) electrons. The maximum atomic E-state index is 10.2. The highest BCUT2D eigenvalue weighted by Crippen LogP contribution is 2.54. The molecule has 1 heteroatoms. The molecule has 0 atom stereocenters. The summed E-state index contributed by atoms with van der Waals surface area (Å²) in [4.78, 5) is 0. The minimum Gasteiger partial charge on any atom is -0.455 e. The van der Waals surface area contributed by atoms with E-state index in [1.54, 1.807) is 55.4 Å². The van der Waals surface area contributed by atoms with Gasteiger partial charge in [-0.25, -0.2) is 0 Å². The Bertz CT molecular complexity index is 4590. The monoisotopic (exact) mass is 795 g/mol. The van der Waals surface area contributed by atoms with E-state index in [-0.39, 0.29) is 182 Å². The van der Waals surface area contributed by atoms with Crippen LogP contribution in [0.4, 0.5) is 0 Å². The SMILES string of the molecule is [2H]c1c([2H])c2c(c([2H])c1C)C(C)(C)c1c([2H])c([2H])c(C)c(-c3c([2H])c([2H])c(-c4c5c([2H])c(C)c([2H])c([2H])c5c(-c5c([2H])c(C)c6oc7c(C)c8c(C)c([2H])c([2H])c([2H])c8c([2H])c7c6c5[2H])c5c(C)c(C)c([2H])c([2H])c45)c([2H])c3[2H])c1-2. The van der Waals surface area contributed by atoms with Crippen LogP contribution in [0.1, 0.15) is 96.9 Å². The number of furan rings is 1. The molecule has 0 spiro atoms. The molecule has 1 aromatic heterocycles. The van der Waals surface area contributed by atoms with Crippen molar-refractivity contribution >= 4 is 54.3 Å². The van der Waals surface area contributed by atoms with Gasteiger partial charge < -0.3 is 4.42 Å². The number of hydrogen-bond acceptors (Lipinski definition) is 1. The standard InChI is InChI=1S/C59H50O/c1-31-14-22-43-46(26-31)54(40-20-18-39(19-21-40)52-35(5)17-25-49-56(52)44-23-15-32(2)27-50(44)59(49,9)10)45-24-16-33(3)37(7)53(45)55(43)42-28-36(6)57-47(30-42)48-29-41-13-11-12-34(4)51(41)38(8)58(48)60-57/h11-30H,1-10H3/i11D,12D,13D,14D,15D,16D,17D,18D,19D,20D,21D,22D,23D,24D,25D,26D,27D,28D,29D,30D. The Morgan fingerprint density at radius 1 is 0.417 bits per heavy atom. The van der Waals surface area contributed by atoms with E-state index in [0.717, 1.165) is 0 Å². The van der Waals surface area contributed by atoms with Crippen LogP contribution in [-0.2, 0) is 5.41 Å². The van der Waals surface area contributed by atoms with E-state index in [9.17, 15) is 21.9 Å². The van der Waals surface area contributed by atoms with Crippen molar-refractivity contribution < 1.29 is 31.8 Å². The topological polar surface area (TPSA) is 13.1 Å². The summed E-state index contributed by atoms with van der Waals surface area (Å²) in [5, 5.41) is -0.0814. The first-order valence-electron chi connectivity index (χ1n) is 29.9. The quantitative estimate of drug-likeness (QED) is 0.162. The smallest absolute Gasteiger partial charge is 0.138 e. The lowest BCUT2D eigenvalue weighted by Crippen LogP contribution is -2.15. The Morgan fingerprint density at radius 3 is 1.88 bits per heavy atom. The molecule has 0 amide bonds. The molecule has 0 unspecified atom stereocenters. The summed E-state index contributed by atoms with van der Waals surface area (Å²) in [7, 11) is 0. The second-order valence-electron chi connectivity index (χ2n) is 16.6. The zero-order valence-electron chi connectivity index (χ0n) is 54.9. The molecule has 0 fully saturated rings. The fourth-order valence-electron chi connectivity index (χ4n) is 9.31. The van der Waals surface area contributed by atoms with Crippen molar-refractivity contribution in [2.45, 2.75) is 74.7 Å². The molecule has 60 heavy (non-hydrogen) atoms. The van der Waals surface area contributed by atoms with Crippen LogP contribution in [0.5, 0.6) is 0 Å². The lowest BCUT2D eigenvalue weighted by atomic mass is 9.80. The molecule has 11 rings (SSSR count). The van der Waals surface area contributed by atoms with Crippen LogP contribution in [0, 0.1) is 55.4 Å². The van der Waals surface area contributed by atoms with E-state index in [4.69, 9.17) is 9.90 Å². The summed E-state index contributed by atoms with van der Waals surface area (Å²) in [6.07, 6.45) is 0. The summed E-state index contributed by atoms with van der Waals surface area (Å²) in [5.41, 5.74) is 0.138. The molecule has 1 aliphatic carbocycles. The van der Waals surface area contributed by atoms with Crippen molar-refractivity contribution in [1.82, 2.24) is 0 Å². The Hall–Kier alpha value is -6.44. The highest BCUT2D eigenvalue weighted by atomic mass is 16.3. The highest BCUT2D eigenvalue weighted by Gasteiger charge is 2.37. The van der Waals surface area contributed by atoms with Crippen LogP contribution in [0.3, 0.4) is 0 Å². The number of rotatable bonds is 3. The number of fused-ring (bicyclic) bond motifs is 9. The van der Waals surface area contributed by atoms with Crippen LogP contribution in [0.15, 0.2) is 125 Å². The first-order valence-corrected chi connectivity index (χ1v) is 19.9. The van der Waals surface area contributed by atoms with E-state index in [1.807, 2.05) is 0 Å². The largest absolute Gasteiger partial charge is 0.455 e. The van der Waals surface area contributed by atoms with Crippen LogP contribution >= 0.6 is 0 Å². The molecule has 0 bridgehead atoms. The van der Waals surface area contributed by atoms with Gasteiger partial charge in [-0.05, 0) is 189 Å². The molecule has 0 N–H and O–H groups in total. The molecular formula is C59H50O. The van der Waals surface area contributed by atoms with Gasteiger partial charge in [-0.2, -0.15) is 0 Å². The van der Waals surface area contributed by atoms with E-state index >= 15 is 0 Å². The van der Waals surface area contributed by atoms with E-state index in [0.29, 0.717) is 27.6 Å². The van der Waals surface area contributed by atoms with Gasteiger partial charge in [0.05, 0.1) is 27.4 Å². The second-order valence-corrected chi connectivity index (χ2v) is 16.6. The van der Waals surface area contributed by atoms with Gasteiger partial charge in [-0.15, -0.1) is 0 Å². The van der Waals surface area contributed by atoms with Gasteiger partial charge in [0.25, 0.3) is 0 Å². The third-order valence-corrected chi connectivity index (χ3v) is 12.4. The Labute approximate surface area is 381 Å². The predicted molar refractivity (Wildman–Crippen MR) is 258 cm³/mol. The average molecular weight is 795 g/mol. The second kappa shape index (κ2) is 12.8. The zero-order chi connectivity index (χ0) is 58.9. The summed E-state index contributed by atoms with van der Waals surface area (Å²) in [5.74, 6) is 0. The zero-order valence-corrected chi connectivity index (χ0v) is 34.9. The van der Waals surface area contributed by atoms with Crippen LogP contribution in [0.2, 0.25) is 0 Å². The van der Waals surface area contributed by atoms with Gasteiger partial charge in [0.2, 0.25) is 0 Å². The van der Waals surface area contributed by atoms with Crippen LogP contribution < -0.4 is 0 Å². The first-order chi connectivity index (χ1) is 37.2. The number of benzene rings is 9. The van der Waals surface area contributed by atoms with Crippen molar-refractivity contribution in [3.8, 4) is 44.5 Å². The third-order valence-electron chi connectivity index (χ3n) is 12.4. The van der Waals surface area contributed by atoms with Gasteiger partial charge in [0, 0.05) is 21.8 Å². The fourth-order valence-corrected chi connectivity index (χ4v) is 9.31. The maximum Gasteiger partial charge on any atom is 0.138 e. The Balaban J connectivity index is 1.35. The van der Waals surface area contributed by atoms with E-state index in [2.05, 4.69) is 0 Å². The minimum absolute atomic E-state index is 0.0131. The van der Waals surface area contributed by atoms with Gasteiger partial charge in [0.15, 0.2) is 0 Å². The number of hydrogen-bond donors (Lipinski definition) is 0.